The highest BCUT2D eigenvalue weighted by molar-refractivity contribution is 6.18. The predicted octanol–water partition coefficient (Wildman–Crippen LogP) is 15.0. The van der Waals surface area contributed by atoms with Crippen molar-refractivity contribution in [2.45, 2.75) is 5.92 Å². The lowest BCUT2D eigenvalue weighted by atomic mass is 9.80. The van der Waals surface area contributed by atoms with Crippen LogP contribution in [-0.4, -0.2) is 9.13 Å². The second-order valence-electron chi connectivity index (χ2n) is 15.7. The van der Waals surface area contributed by atoms with Crippen molar-refractivity contribution >= 4 is 49.8 Å². The van der Waals surface area contributed by atoms with E-state index < -0.39 is 0 Å². The van der Waals surface area contributed by atoms with Gasteiger partial charge in [-0.2, -0.15) is 0 Å². The zero-order valence-corrected chi connectivity index (χ0v) is 32.9. The summed E-state index contributed by atoms with van der Waals surface area (Å²) < 4.78 is 4.81. The Morgan fingerprint density at radius 2 is 0.883 bits per heavy atom. The van der Waals surface area contributed by atoms with Crippen LogP contribution in [0.3, 0.4) is 0 Å². The van der Waals surface area contributed by atoms with E-state index in [2.05, 4.69) is 245 Å². The van der Waals surface area contributed by atoms with Gasteiger partial charge < -0.3 is 14.0 Å². The molecule has 12 rings (SSSR count). The first-order valence-electron chi connectivity index (χ1n) is 20.7. The predicted molar refractivity (Wildman–Crippen MR) is 251 cm³/mol. The highest BCUT2D eigenvalue weighted by Gasteiger charge is 2.32. The van der Waals surface area contributed by atoms with Gasteiger partial charge in [0.15, 0.2) is 0 Å². The molecule has 3 nitrogen and oxygen atoms in total. The van der Waals surface area contributed by atoms with Crippen molar-refractivity contribution < 1.29 is 0 Å². The molecule has 0 fully saturated rings. The zero-order chi connectivity index (χ0) is 39.6. The molecular weight excluding hydrogens is 727 g/mol. The quantitative estimate of drug-likeness (QED) is 0.164. The lowest BCUT2D eigenvalue weighted by Crippen LogP contribution is -2.22. The van der Waals surface area contributed by atoms with Gasteiger partial charge in [-0.25, -0.2) is 0 Å². The SMILES string of the molecule is c1ccc(-c2cc(-c3ccccc3)cc(-n3ccc4c3ccc3c5ccccc5n(-c5ccc(N6c7ccccc7C(c7ccccc7)c7ccccc76)cc5)c34)c2)cc1. The Kier molecular flexibility index (Phi) is 7.92. The minimum Gasteiger partial charge on any atom is -0.316 e. The molecule has 3 heterocycles. The number of hydrogen-bond acceptors (Lipinski definition) is 1. The lowest BCUT2D eigenvalue weighted by Gasteiger charge is -2.38. The highest BCUT2D eigenvalue weighted by atomic mass is 15.2. The summed E-state index contributed by atoms with van der Waals surface area (Å²) in [5, 5.41) is 3.70. The number of rotatable bonds is 6. The van der Waals surface area contributed by atoms with Gasteiger partial charge in [-0.05, 0) is 112 Å². The molecule has 11 aromatic rings. The van der Waals surface area contributed by atoms with E-state index in [9.17, 15) is 0 Å². The van der Waals surface area contributed by atoms with Crippen LogP contribution in [0.4, 0.5) is 17.1 Å². The van der Waals surface area contributed by atoms with Gasteiger partial charge >= 0.3 is 0 Å². The molecule has 282 valence electrons. The van der Waals surface area contributed by atoms with Crippen LogP contribution in [0.25, 0.3) is 66.3 Å². The highest BCUT2D eigenvalue weighted by Crippen LogP contribution is 2.51. The molecule has 0 N–H and O–H groups in total. The van der Waals surface area contributed by atoms with E-state index in [4.69, 9.17) is 0 Å². The minimum absolute atomic E-state index is 0.159. The smallest absolute Gasteiger partial charge is 0.0635 e. The number of fused-ring (bicyclic) bond motifs is 7. The Morgan fingerprint density at radius 1 is 0.333 bits per heavy atom. The van der Waals surface area contributed by atoms with Crippen molar-refractivity contribution in [1.82, 2.24) is 9.13 Å². The van der Waals surface area contributed by atoms with Gasteiger partial charge in [-0.3, -0.25) is 0 Å². The molecule has 3 heteroatoms. The number of benzene rings is 9. The third kappa shape index (κ3) is 5.44. The fourth-order valence-electron chi connectivity index (χ4n) is 9.72. The maximum Gasteiger partial charge on any atom is 0.0635 e. The summed E-state index contributed by atoms with van der Waals surface area (Å²) in [7, 11) is 0. The van der Waals surface area contributed by atoms with Crippen molar-refractivity contribution in [3.8, 4) is 33.6 Å². The number of anilines is 3. The number of hydrogen-bond donors (Lipinski definition) is 0. The fourth-order valence-corrected chi connectivity index (χ4v) is 9.72. The van der Waals surface area contributed by atoms with Gasteiger partial charge in [0.2, 0.25) is 0 Å². The van der Waals surface area contributed by atoms with Crippen LogP contribution < -0.4 is 4.90 Å². The van der Waals surface area contributed by atoms with Crippen LogP contribution in [0, 0.1) is 0 Å². The first-order valence-corrected chi connectivity index (χ1v) is 20.7. The van der Waals surface area contributed by atoms with Crippen molar-refractivity contribution in [2.75, 3.05) is 4.90 Å². The van der Waals surface area contributed by atoms with Crippen molar-refractivity contribution in [3.63, 3.8) is 0 Å². The molecule has 2 aromatic heterocycles. The zero-order valence-electron chi connectivity index (χ0n) is 32.9. The van der Waals surface area contributed by atoms with Gasteiger partial charge in [0.25, 0.3) is 0 Å². The van der Waals surface area contributed by atoms with E-state index in [0.717, 1.165) is 17.1 Å². The van der Waals surface area contributed by atoms with Gasteiger partial charge in [0, 0.05) is 45.3 Å². The van der Waals surface area contributed by atoms with E-state index in [1.54, 1.807) is 0 Å². The monoisotopic (exact) mass is 765 g/mol. The van der Waals surface area contributed by atoms with Crippen LogP contribution in [-0.2, 0) is 0 Å². The summed E-state index contributed by atoms with van der Waals surface area (Å²) in [5.74, 6) is 0.159. The van der Waals surface area contributed by atoms with Crippen molar-refractivity contribution in [1.29, 1.82) is 0 Å². The molecular formula is C57H39N3. The molecule has 9 aromatic carbocycles. The average molecular weight is 766 g/mol. The second-order valence-corrected chi connectivity index (χ2v) is 15.7. The number of nitrogens with zero attached hydrogens (tertiary/aromatic N) is 3. The second kappa shape index (κ2) is 13.9. The van der Waals surface area contributed by atoms with Crippen LogP contribution in [0.2, 0.25) is 0 Å². The number of para-hydroxylation sites is 3. The Bertz CT molecular complexity index is 3250. The maximum absolute atomic E-state index is 2.46. The molecule has 0 amide bonds. The molecule has 0 spiro atoms. The van der Waals surface area contributed by atoms with Gasteiger partial charge in [-0.15, -0.1) is 0 Å². The standard InChI is InChI=1S/C57H39N3/c1-4-16-39(17-5-1)42-36-43(40-18-6-2-7-19-40)38-46(37-42)58-35-34-51-52(58)33-32-48-47-22-10-13-25-53(47)60(57(48)51)45-30-28-44(29-31-45)59-54-26-14-11-23-49(54)56(41-20-8-3-9-21-41)50-24-12-15-27-55(50)59/h1-38,56H. The normalized spacial score (nSPS) is 12.6. The Balaban J connectivity index is 1.01. The topological polar surface area (TPSA) is 13.1 Å². The van der Waals surface area contributed by atoms with Crippen LogP contribution in [0.1, 0.15) is 22.6 Å². The Morgan fingerprint density at radius 3 is 1.53 bits per heavy atom. The minimum atomic E-state index is 0.159. The van der Waals surface area contributed by atoms with E-state index >= 15 is 0 Å². The van der Waals surface area contributed by atoms with Gasteiger partial charge in [0.1, 0.15) is 0 Å². The van der Waals surface area contributed by atoms with Crippen LogP contribution >= 0.6 is 0 Å². The summed E-state index contributed by atoms with van der Waals surface area (Å²) in [5.41, 5.74) is 18.1. The molecule has 1 aliphatic rings. The molecule has 0 aliphatic carbocycles. The molecule has 0 atom stereocenters. The summed E-state index contributed by atoms with van der Waals surface area (Å²) in [6.45, 7) is 0. The third-order valence-corrected chi connectivity index (χ3v) is 12.4. The fraction of sp³-hybridized carbons (Fsp3) is 0.0175. The molecule has 0 saturated heterocycles. The number of aromatic nitrogens is 2. The summed E-state index contributed by atoms with van der Waals surface area (Å²) in [6.07, 6.45) is 2.24. The van der Waals surface area contributed by atoms with E-state index in [1.165, 1.54) is 83.0 Å². The van der Waals surface area contributed by atoms with E-state index in [0.29, 0.717) is 0 Å². The molecule has 0 unspecified atom stereocenters. The van der Waals surface area contributed by atoms with Gasteiger partial charge in [-0.1, -0.05) is 152 Å². The first-order chi connectivity index (χ1) is 29.8. The Hall–Kier alpha value is -7.88. The summed E-state index contributed by atoms with van der Waals surface area (Å²) in [6, 6.07) is 81.9. The van der Waals surface area contributed by atoms with Gasteiger partial charge in [0.05, 0.1) is 27.9 Å². The molecule has 0 radical (unpaired) electrons. The molecule has 1 aliphatic heterocycles. The molecule has 0 saturated carbocycles. The largest absolute Gasteiger partial charge is 0.316 e. The summed E-state index contributed by atoms with van der Waals surface area (Å²) in [4.78, 5) is 2.44. The average Bonchev–Trinajstić information content (AvgIpc) is 3.91. The molecule has 60 heavy (non-hydrogen) atoms. The van der Waals surface area contributed by atoms with Crippen LogP contribution in [0.5, 0.6) is 0 Å². The van der Waals surface area contributed by atoms with Crippen molar-refractivity contribution in [2.24, 2.45) is 0 Å². The van der Waals surface area contributed by atoms with E-state index in [1.807, 2.05) is 0 Å². The maximum atomic E-state index is 2.46. The van der Waals surface area contributed by atoms with E-state index in [-0.39, 0.29) is 5.92 Å². The van der Waals surface area contributed by atoms with Crippen LogP contribution in [0.15, 0.2) is 231 Å². The third-order valence-electron chi connectivity index (χ3n) is 12.4. The first kappa shape index (κ1) is 34.2. The molecule has 0 bridgehead atoms. The van der Waals surface area contributed by atoms with Crippen molar-refractivity contribution in [3.05, 3.63) is 247 Å². The summed E-state index contributed by atoms with van der Waals surface area (Å²) >= 11 is 0. The lowest BCUT2D eigenvalue weighted by molar-refractivity contribution is 0.938. The Labute approximate surface area is 349 Å².